The molecule has 1 aliphatic carbocycles. The van der Waals surface area contributed by atoms with E-state index in [1.54, 1.807) is 5.57 Å². The van der Waals surface area contributed by atoms with E-state index in [9.17, 15) is 0 Å². The van der Waals surface area contributed by atoms with E-state index in [2.05, 4.69) is 52.8 Å². The molecule has 2 heterocycles. The molecule has 0 radical (unpaired) electrons. The van der Waals surface area contributed by atoms with Gasteiger partial charge in [-0.25, -0.2) is 0 Å². The molecule has 2 aromatic rings. The van der Waals surface area contributed by atoms with Gasteiger partial charge in [0.05, 0.1) is 5.03 Å². The molecule has 1 N–H and O–H groups in total. The first-order chi connectivity index (χ1) is 10.4. The largest absolute Gasteiger partial charge is 0.379 e. The maximum Gasteiger partial charge on any atom is 0.0683 e. The molecule has 2 aliphatic rings. The predicted octanol–water partition coefficient (Wildman–Crippen LogP) is 3.51. The molecular weight excluding hydrogens is 276 g/mol. The lowest BCUT2D eigenvalue weighted by molar-refractivity contribution is 0.712. The smallest absolute Gasteiger partial charge is 0.0683 e. The Morgan fingerprint density at radius 2 is 1.90 bits per heavy atom. The van der Waals surface area contributed by atoms with Gasteiger partial charge in [0.2, 0.25) is 0 Å². The van der Waals surface area contributed by atoms with Crippen LogP contribution in [0.2, 0.25) is 0 Å². The van der Waals surface area contributed by atoms with Crippen molar-refractivity contribution < 1.29 is 0 Å². The van der Waals surface area contributed by atoms with E-state index >= 15 is 0 Å². The summed E-state index contributed by atoms with van der Waals surface area (Å²) in [5.41, 5.74) is 4.60. The molecule has 0 bridgehead atoms. The molecule has 1 aliphatic heterocycles. The number of nitrogens with zero attached hydrogens (tertiary/aromatic N) is 1. The molecule has 1 saturated carbocycles. The summed E-state index contributed by atoms with van der Waals surface area (Å²) in [6.07, 6.45) is 6.03. The van der Waals surface area contributed by atoms with Crippen LogP contribution in [-0.4, -0.2) is 17.3 Å². The Morgan fingerprint density at radius 1 is 1.10 bits per heavy atom. The zero-order chi connectivity index (χ0) is 14.1. The Labute approximate surface area is 129 Å². The van der Waals surface area contributed by atoms with Crippen LogP contribution >= 0.6 is 11.8 Å². The van der Waals surface area contributed by atoms with Gasteiger partial charge in [-0.15, -0.1) is 11.8 Å². The second-order valence-corrected chi connectivity index (χ2v) is 6.85. The molecule has 106 valence electrons. The summed E-state index contributed by atoms with van der Waals surface area (Å²) in [6.45, 7) is 1.10. The Balaban J connectivity index is 1.73. The van der Waals surface area contributed by atoms with E-state index in [1.165, 1.54) is 28.3 Å². The van der Waals surface area contributed by atoms with Crippen LogP contribution in [-0.2, 0) is 11.8 Å². The Bertz CT molecular complexity index is 658. The number of pyridine rings is 1. The molecule has 0 spiro atoms. The molecule has 4 rings (SSSR count). The van der Waals surface area contributed by atoms with E-state index in [1.807, 2.05) is 24.2 Å². The maximum atomic E-state index is 4.14. The van der Waals surface area contributed by atoms with Crippen molar-refractivity contribution in [2.24, 2.45) is 0 Å². The van der Waals surface area contributed by atoms with Crippen LogP contribution in [0, 0.1) is 0 Å². The van der Waals surface area contributed by atoms with Crippen molar-refractivity contribution in [3.05, 3.63) is 76.6 Å². The van der Waals surface area contributed by atoms with Gasteiger partial charge in [-0.3, -0.25) is 4.98 Å². The maximum absolute atomic E-state index is 4.14. The van der Waals surface area contributed by atoms with Gasteiger partial charge in [0.15, 0.2) is 0 Å². The highest BCUT2D eigenvalue weighted by molar-refractivity contribution is 8.03. The molecule has 0 amide bonds. The second-order valence-electron chi connectivity index (χ2n) is 5.74. The van der Waals surface area contributed by atoms with Crippen LogP contribution in [0.5, 0.6) is 0 Å². The Morgan fingerprint density at radius 3 is 2.62 bits per heavy atom. The summed E-state index contributed by atoms with van der Waals surface area (Å²) in [7, 11) is 0. The van der Waals surface area contributed by atoms with E-state index in [4.69, 9.17) is 0 Å². The highest BCUT2D eigenvalue weighted by Crippen LogP contribution is 2.58. The molecule has 21 heavy (non-hydrogen) atoms. The lowest BCUT2D eigenvalue weighted by atomic mass is 9.88. The molecule has 1 unspecified atom stereocenters. The topological polar surface area (TPSA) is 24.9 Å². The van der Waals surface area contributed by atoms with Crippen LogP contribution in [0.25, 0.3) is 0 Å². The normalized spacial score (nSPS) is 27.4. The van der Waals surface area contributed by atoms with Crippen molar-refractivity contribution in [1.82, 2.24) is 10.3 Å². The minimum absolute atomic E-state index is 0.197. The average Bonchev–Trinajstić information content (AvgIpc) is 3.02. The van der Waals surface area contributed by atoms with E-state index in [0.29, 0.717) is 0 Å². The predicted molar refractivity (Wildman–Crippen MR) is 88.2 cm³/mol. The minimum Gasteiger partial charge on any atom is -0.379 e. The van der Waals surface area contributed by atoms with E-state index < -0.39 is 0 Å². The molecular formula is C18H18N2S. The summed E-state index contributed by atoms with van der Waals surface area (Å²) < 4.78 is 0. The van der Waals surface area contributed by atoms with Crippen molar-refractivity contribution in [3.63, 3.8) is 0 Å². The summed E-state index contributed by atoms with van der Waals surface area (Å²) >= 11 is 1.98. The van der Waals surface area contributed by atoms with Gasteiger partial charge in [-0.2, -0.15) is 0 Å². The number of hydrogen-bond donors (Lipinski definition) is 1. The fourth-order valence-corrected chi connectivity index (χ4v) is 4.33. The fourth-order valence-electron chi connectivity index (χ4n) is 3.27. The molecule has 1 saturated heterocycles. The quantitative estimate of drug-likeness (QED) is 0.937. The zero-order valence-electron chi connectivity index (χ0n) is 11.9. The lowest BCUT2D eigenvalue weighted by Gasteiger charge is -2.16. The first-order valence-corrected chi connectivity index (χ1v) is 8.42. The zero-order valence-corrected chi connectivity index (χ0v) is 12.7. The highest BCUT2D eigenvalue weighted by atomic mass is 32.2. The van der Waals surface area contributed by atoms with Crippen molar-refractivity contribution in [1.29, 1.82) is 0 Å². The number of nitrogens with one attached hydrogen (secondary N) is 1. The van der Waals surface area contributed by atoms with Crippen LogP contribution in [0.15, 0.2) is 65.5 Å². The third-order valence-corrected chi connectivity index (χ3v) is 5.51. The third kappa shape index (κ3) is 2.36. The SMILES string of the molecule is c1ccc(C2(Cc3ccncc3)CC2=C2NCCS2)cc1. The van der Waals surface area contributed by atoms with Crippen molar-refractivity contribution >= 4 is 11.8 Å². The Hall–Kier alpha value is -1.74. The van der Waals surface area contributed by atoms with Gasteiger partial charge in [-0.05, 0) is 41.7 Å². The summed E-state index contributed by atoms with van der Waals surface area (Å²) in [5, 5.41) is 4.98. The molecule has 1 aromatic heterocycles. The number of aromatic nitrogens is 1. The molecule has 2 nitrogen and oxygen atoms in total. The van der Waals surface area contributed by atoms with Gasteiger partial charge < -0.3 is 5.32 Å². The summed E-state index contributed by atoms with van der Waals surface area (Å²) in [6, 6.07) is 15.2. The average molecular weight is 294 g/mol. The third-order valence-electron chi connectivity index (χ3n) is 4.42. The number of benzene rings is 1. The molecule has 1 atom stereocenters. The first-order valence-electron chi connectivity index (χ1n) is 7.43. The van der Waals surface area contributed by atoms with Crippen molar-refractivity contribution in [2.45, 2.75) is 18.3 Å². The van der Waals surface area contributed by atoms with Gasteiger partial charge in [-0.1, -0.05) is 30.3 Å². The van der Waals surface area contributed by atoms with Crippen LogP contribution in [0.3, 0.4) is 0 Å². The van der Waals surface area contributed by atoms with Crippen molar-refractivity contribution in [2.75, 3.05) is 12.3 Å². The van der Waals surface area contributed by atoms with Crippen molar-refractivity contribution in [3.8, 4) is 0 Å². The number of thioether (sulfide) groups is 1. The van der Waals surface area contributed by atoms with Gasteiger partial charge in [0.25, 0.3) is 0 Å². The van der Waals surface area contributed by atoms with Crippen LogP contribution in [0.1, 0.15) is 17.5 Å². The van der Waals surface area contributed by atoms with Gasteiger partial charge in [0, 0.05) is 30.1 Å². The molecule has 2 fully saturated rings. The monoisotopic (exact) mass is 294 g/mol. The van der Waals surface area contributed by atoms with Crippen LogP contribution < -0.4 is 5.32 Å². The number of allylic oxidation sites excluding steroid dienone is 1. The van der Waals surface area contributed by atoms with Crippen LogP contribution in [0.4, 0.5) is 0 Å². The first kappa shape index (κ1) is 13.0. The van der Waals surface area contributed by atoms with Gasteiger partial charge in [0.1, 0.15) is 0 Å². The van der Waals surface area contributed by atoms with Gasteiger partial charge >= 0.3 is 0 Å². The summed E-state index contributed by atoms with van der Waals surface area (Å²) in [4.78, 5) is 4.14. The van der Waals surface area contributed by atoms with E-state index in [-0.39, 0.29) is 5.41 Å². The minimum atomic E-state index is 0.197. The molecule has 1 aromatic carbocycles. The van der Waals surface area contributed by atoms with E-state index in [0.717, 1.165) is 13.0 Å². The fraction of sp³-hybridized carbons (Fsp3) is 0.278. The Kier molecular flexibility index (Phi) is 3.23. The highest BCUT2D eigenvalue weighted by Gasteiger charge is 2.52. The molecule has 3 heteroatoms. The summed E-state index contributed by atoms with van der Waals surface area (Å²) in [5.74, 6) is 1.19. The number of rotatable bonds is 3. The standard InChI is InChI=1S/C18H18N2S/c1-2-4-15(5-3-1)18(12-14-6-8-19-9-7-14)13-16(18)17-20-10-11-21-17/h1-9,20H,10-13H2. The lowest BCUT2D eigenvalue weighted by Crippen LogP contribution is -2.13. The second kappa shape index (κ2) is 5.23. The number of hydrogen-bond acceptors (Lipinski definition) is 3.